The highest BCUT2D eigenvalue weighted by Crippen LogP contribution is 2.35. The maximum absolute atomic E-state index is 13.4. The molecule has 27 heavy (non-hydrogen) atoms. The van der Waals surface area contributed by atoms with E-state index < -0.39 is 23.2 Å². The van der Waals surface area contributed by atoms with Crippen LogP contribution in [-0.2, 0) is 12.7 Å². The van der Waals surface area contributed by atoms with Crippen LogP contribution < -0.4 is 9.47 Å². The van der Waals surface area contributed by atoms with E-state index in [-0.39, 0.29) is 11.6 Å². The summed E-state index contributed by atoms with van der Waals surface area (Å²) in [5, 5.41) is 0.188. The molecule has 0 spiro atoms. The van der Waals surface area contributed by atoms with Crippen molar-refractivity contribution in [3.05, 3.63) is 47.2 Å². The molecule has 0 unspecified atom stereocenters. The summed E-state index contributed by atoms with van der Waals surface area (Å²) < 4.78 is 50.8. The van der Waals surface area contributed by atoms with E-state index in [0.717, 1.165) is 24.0 Å². The average Bonchev–Trinajstić information content (AvgIpc) is 2.66. The number of halogens is 3. The van der Waals surface area contributed by atoms with Crippen LogP contribution in [0, 0.1) is 0 Å². The molecule has 1 aromatic carbocycles. The van der Waals surface area contributed by atoms with Gasteiger partial charge in [-0.3, -0.25) is 4.79 Å². The Morgan fingerprint density at radius 3 is 2.30 bits per heavy atom. The van der Waals surface area contributed by atoms with Gasteiger partial charge in [0.15, 0.2) is 0 Å². The zero-order chi connectivity index (χ0) is 20.2. The number of aromatic nitrogens is 1. The van der Waals surface area contributed by atoms with E-state index in [0.29, 0.717) is 17.1 Å². The van der Waals surface area contributed by atoms with Crippen LogP contribution in [0.1, 0.15) is 21.5 Å². The fourth-order valence-corrected chi connectivity index (χ4v) is 2.95. The molecule has 0 radical (unpaired) electrons. The topological polar surface area (TPSA) is 51.7 Å². The normalized spacial score (nSPS) is 11.2. The Kier molecular flexibility index (Phi) is 6.59. The van der Waals surface area contributed by atoms with E-state index in [2.05, 4.69) is 4.98 Å². The molecule has 0 aliphatic rings. The van der Waals surface area contributed by atoms with Crippen LogP contribution in [0.2, 0.25) is 0 Å². The predicted octanol–water partition coefficient (Wildman–Crippen LogP) is 4.11. The van der Waals surface area contributed by atoms with Gasteiger partial charge in [0.05, 0.1) is 42.5 Å². The van der Waals surface area contributed by atoms with Gasteiger partial charge in [-0.2, -0.15) is 13.2 Å². The Balaban J connectivity index is 2.39. The first kappa shape index (κ1) is 20.9. The standard InChI is InChI=1S/C18H19F3N2O3S/c1-23(10-12-14(25-2)6-5-7-15(12)26-3)17(24)11-9-22-16(27-4)8-13(11)18(19,20)21/h5-9H,10H2,1-4H3. The second-order valence-corrected chi connectivity index (χ2v) is 6.40. The van der Waals surface area contributed by atoms with Gasteiger partial charge in [0.1, 0.15) is 11.5 Å². The molecular weight excluding hydrogens is 381 g/mol. The minimum absolute atomic E-state index is 0.00754. The van der Waals surface area contributed by atoms with Crippen LogP contribution in [0.15, 0.2) is 35.5 Å². The van der Waals surface area contributed by atoms with Crippen molar-refractivity contribution in [1.82, 2.24) is 9.88 Å². The molecule has 0 saturated heterocycles. The number of hydrogen-bond donors (Lipinski definition) is 0. The average molecular weight is 400 g/mol. The first-order chi connectivity index (χ1) is 12.7. The molecule has 0 atom stereocenters. The maximum atomic E-state index is 13.4. The number of thioether (sulfide) groups is 1. The third-order valence-corrected chi connectivity index (χ3v) is 4.54. The predicted molar refractivity (Wildman–Crippen MR) is 96.4 cm³/mol. The van der Waals surface area contributed by atoms with Gasteiger partial charge in [0.2, 0.25) is 0 Å². The zero-order valence-corrected chi connectivity index (χ0v) is 16.1. The number of hydrogen-bond acceptors (Lipinski definition) is 5. The minimum atomic E-state index is -4.67. The van der Waals surface area contributed by atoms with Gasteiger partial charge < -0.3 is 14.4 Å². The van der Waals surface area contributed by atoms with Crippen molar-refractivity contribution in [2.45, 2.75) is 17.7 Å². The van der Waals surface area contributed by atoms with Crippen molar-refractivity contribution in [1.29, 1.82) is 0 Å². The van der Waals surface area contributed by atoms with E-state index in [1.807, 2.05) is 0 Å². The minimum Gasteiger partial charge on any atom is -0.496 e. The monoisotopic (exact) mass is 400 g/mol. The van der Waals surface area contributed by atoms with Crippen LogP contribution in [-0.4, -0.2) is 43.3 Å². The molecule has 146 valence electrons. The molecule has 2 aromatic rings. The molecule has 0 bridgehead atoms. The molecular formula is C18H19F3N2O3S. The number of methoxy groups -OCH3 is 2. The number of carbonyl (C=O) groups excluding carboxylic acids is 1. The van der Waals surface area contributed by atoms with Crippen molar-refractivity contribution >= 4 is 17.7 Å². The third kappa shape index (κ3) is 4.65. The summed E-state index contributed by atoms with van der Waals surface area (Å²) >= 11 is 1.07. The van der Waals surface area contributed by atoms with Gasteiger partial charge in [0, 0.05) is 13.2 Å². The summed E-state index contributed by atoms with van der Waals surface area (Å²) in [6.07, 6.45) is -2.08. The van der Waals surface area contributed by atoms with Crippen molar-refractivity contribution in [3.63, 3.8) is 0 Å². The quantitative estimate of drug-likeness (QED) is 0.683. The SMILES string of the molecule is COc1cccc(OC)c1CN(C)C(=O)c1cnc(SC)cc1C(F)(F)F. The summed E-state index contributed by atoms with van der Waals surface area (Å²) in [6.45, 7) is 0.00754. The smallest absolute Gasteiger partial charge is 0.417 e. The molecule has 0 N–H and O–H groups in total. The van der Waals surface area contributed by atoms with Crippen molar-refractivity contribution in [3.8, 4) is 11.5 Å². The highest BCUT2D eigenvalue weighted by Gasteiger charge is 2.36. The molecule has 1 amide bonds. The lowest BCUT2D eigenvalue weighted by Gasteiger charge is -2.22. The fourth-order valence-electron chi connectivity index (χ4n) is 2.55. The Hall–Kier alpha value is -2.42. The molecule has 0 aliphatic carbocycles. The molecule has 1 aromatic heterocycles. The van der Waals surface area contributed by atoms with E-state index in [9.17, 15) is 18.0 Å². The van der Waals surface area contributed by atoms with Gasteiger partial charge >= 0.3 is 6.18 Å². The third-order valence-electron chi connectivity index (χ3n) is 3.90. The number of alkyl halides is 3. The molecule has 5 nitrogen and oxygen atoms in total. The molecule has 1 heterocycles. The highest BCUT2D eigenvalue weighted by molar-refractivity contribution is 7.98. The summed E-state index contributed by atoms with van der Waals surface area (Å²) in [5.41, 5.74) is -0.956. The lowest BCUT2D eigenvalue weighted by molar-refractivity contribution is -0.138. The first-order valence-electron chi connectivity index (χ1n) is 7.79. The molecule has 2 rings (SSSR count). The summed E-state index contributed by atoms with van der Waals surface area (Å²) in [5.74, 6) is 0.150. The van der Waals surface area contributed by atoms with Gasteiger partial charge in [-0.15, -0.1) is 11.8 Å². The lowest BCUT2D eigenvalue weighted by Crippen LogP contribution is -2.29. The first-order valence-corrected chi connectivity index (χ1v) is 9.02. The van der Waals surface area contributed by atoms with Crippen molar-refractivity contribution in [2.75, 3.05) is 27.5 Å². The van der Waals surface area contributed by atoms with Gasteiger partial charge in [-0.1, -0.05) is 6.07 Å². The Labute approximate surface area is 159 Å². The fraction of sp³-hybridized carbons (Fsp3) is 0.333. The second-order valence-electron chi connectivity index (χ2n) is 5.57. The number of nitrogens with zero attached hydrogens (tertiary/aromatic N) is 2. The summed E-state index contributed by atoms with van der Waals surface area (Å²) in [7, 11) is 4.34. The van der Waals surface area contributed by atoms with Crippen LogP contribution in [0.25, 0.3) is 0 Å². The number of amides is 1. The van der Waals surface area contributed by atoms with Crippen molar-refractivity contribution < 1.29 is 27.4 Å². The highest BCUT2D eigenvalue weighted by atomic mass is 32.2. The van der Waals surface area contributed by atoms with E-state index in [1.54, 1.807) is 24.5 Å². The zero-order valence-electron chi connectivity index (χ0n) is 15.3. The van der Waals surface area contributed by atoms with Crippen LogP contribution in [0.4, 0.5) is 13.2 Å². The van der Waals surface area contributed by atoms with Gasteiger partial charge in [-0.05, 0) is 24.5 Å². The Morgan fingerprint density at radius 1 is 1.22 bits per heavy atom. The van der Waals surface area contributed by atoms with E-state index >= 15 is 0 Å². The van der Waals surface area contributed by atoms with Gasteiger partial charge in [0.25, 0.3) is 5.91 Å². The summed E-state index contributed by atoms with van der Waals surface area (Å²) in [4.78, 5) is 17.8. The molecule has 0 aliphatic heterocycles. The molecule has 0 fully saturated rings. The molecule has 0 saturated carbocycles. The van der Waals surface area contributed by atoms with Crippen LogP contribution >= 0.6 is 11.8 Å². The number of carbonyl (C=O) groups is 1. The maximum Gasteiger partial charge on any atom is 0.417 e. The largest absolute Gasteiger partial charge is 0.496 e. The summed E-state index contributed by atoms with van der Waals surface area (Å²) in [6, 6.07) is 5.98. The van der Waals surface area contributed by atoms with Crippen LogP contribution in [0.3, 0.4) is 0 Å². The second kappa shape index (κ2) is 8.51. The lowest BCUT2D eigenvalue weighted by atomic mass is 10.1. The Bertz CT molecular complexity index is 806. The number of ether oxygens (including phenoxy) is 2. The molecule has 9 heteroatoms. The van der Waals surface area contributed by atoms with E-state index in [4.69, 9.17) is 9.47 Å². The van der Waals surface area contributed by atoms with Crippen molar-refractivity contribution in [2.24, 2.45) is 0 Å². The Morgan fingerprint density at radius 2 is 1.81 bits per heavy atom. The van der Waals surface area contributed by atoms with Gasteiger partial charge in [-0.25, -0.2) is 4.98 Å². The number of pyridine rings is 1. The number of benzene rings is 1. The van der Waals surface area contributed by atoms with Crippen LogP contribution in [0.5, 0.6) is 11.5 Å². The van der Waals surface area contributed by atoms with E-state index in [1.165, 1.54) is 26.2 Å². The number of rotatable bonds is 6.